The predicted octanol–water partition coefficient (Wildman–Crippen LogP) is 13.7. The number of rotatable bonds is 3. The van der Waals surface area contributed by atoms with E-state index >= 15 is 0 Å². The molecule has 0 atom stereocenters. The highest BCUT2D eigenvalue weighted by Crippen LogP contribution is 2.41. The van der Waals surface area contributed by atoms with Crippen LogP contribution in [-0.4, -0.2) is 15.8 Å². The number of benzene rings is 11. The van der Waals surface area contributed by atoms with Crippen LogP contribution in [0.15, 0.2) is 243 Å². The van der Waals surface area contributed by atoms with Crippen molar-refractivity contribution in [3.05, 3.63) is 284 Å². The Hall–Kier alpha value is -9.32. The normalized spacial score (nSPS) is 12.8. The number of fused-ring (bicyclic) bond motifs is 14. The summed E-state index contributed by atoms with van der Waals surface area (Å²) >= 11 is 0. The summed E-state index contributed by atoms with van der Waals surface area (Å²) in [5, 5.41) is 14.6. The van der Waals surface area contributed by atoms with Gasteiger partial charge in [-0.2, -0.15) is 0 Å². The molecule has 3 aliphatic rings. The van der Waals surface area contributed by atoms with Crippen LogP contribution in [0.25, 0.3) is 55.0 Å². The van der Waals surface area contributed by atoms with E-state index in [0.29, 0.717) is 0 Å². The van der Waals surface area contributed by atoms with Crippen molar-refractivity contribution in [1.29, 1.82) is 0 Å². The Labute approximate surface area is 407 Å². The molecule has 0 fully saturated rings. The second kappa shape index (κ2) is 14.6. The minimum Gasteiger partial charge on any atom is -0.458 e. The molecule has 4 nitrogen and oxygen atoms in total. The maximum Gasteiger partial charge on any atom is 0.256 e. The fourth-order valence-electron chi connectivity index (χ4n) is 12.6. The third kappa shape index (κ3) is 5.40. The number of nitrogens with zero attached hydrogens (tertiary/aromatic N) is 3. The van der Waals surface area contributed by atoms with Crippen LogP contribution in [0.5, 0.6) is 11.5 Å². The van der Waals surface area contributed by atoms with Crippen LogP contribution < -0.4 is 26.0 Å². The van der Waals surface area contributed by atoms with Crippen molar-refractivity contribution in [3.8, 4) is 22.9 Å². The highest BCUT2D eigenvalue weighted by Gasteiger charge is 2.41. The van der Waals surface area contributed by atoms with E-state index in [0.717, 1.165) is 34.2 Å². The molecule has 0 spiro atoms. The molecule has 0 N–H and O–H groups in total. The van der Waals surface area contributed by atoms with Crippen molar-refractivity contribution in [1.82, 2.24) is 9.13 Å². The predicted molar refractivity (Wildman–Crippen MR) is 291 cm³/mol. The van der Waals surface area contributed by atoms with Gasteiger partial charge in [-0.05, 0) is 143 Å². The average molecular weight is 902 g/mol. The lowest BCUT2D eigenvalue weighted by Crippen LogP contribution is -2.59. The van der Waals surface area contributed by atoms with Crippen LogP contribution >= 0.6 is 0 Å². The first-order valence-corrected chi connectivity index (χ1v) is 24.5. The lowest BCUT2D eigenvalue weighted by molar-refractivity contribution is 0.487. The van der Waals surface area contributed by atoms with E-state index in [-0.39, 0.29) is 6.71 Å². The molecule has 13 aromatic rings. The van der Waals surface area contributed by atoms with Crippen molar-refractivity contribution < 1.29 is 4.74 Å². The summed E-state index contributed by atoms with van der Waals surface area (Å²) in [5.74, 6) is 1.84. The van der Waals surface area contributed by atoms with Gasteiger partial charge in [0.25, 0.3) is 6.71 Å². The molecule has 16 rings (SSSR count). The Morgan fingerprint density at radius 1 is 0.282 bits per heavy atom. The molecular weight excluding hydrogens is 862 g/mol. The Morgan fingerprint density at radius 2 is 0.718 bits per heavy atom. The second-order valence-corrected chi connectivity index (χ2v) is 19.1. The van der Waals surface area contributed by atoms with Gasteiger partial charge in [0.2, 0.25) is 0 Å². The van der Waals surface area contributed by atoms with Crippen LogP contribution in [0.3, 0.4) is 0 Å². The van der Waals surface area contributed by atoms with Gasteiger partial charge in [-0.1, -0.05) is 158 Å². The summed E-state index contributed by atoms with van der Waals surface area (Å²) in [5.41, 5.74) is 14.2. The first-order valence-electron chi connectivity index (χ1n) is 24.5. The van der Waals surface area contributed by atoms with Gasteiger partial charge in [-0.15, -0.1) is 0 Å². The average Bonchev–Trinajstić information content (AvgIpc) is 3.95. The monoisotopic (exact) mass is 901 g/mol. The minimum atomic E-state index is 0.0675. The van der Waals surface area contributed by atoms with Crippen LogP contribution in [-0.2, 0) is 0 Å². The van der Waals surface area contributed by atoms with Crippen LogP contribution in [0, 0.1) is 41.7 Å². The van der Waals surface area contributed by atoms with Crippen molar-refractivity contribution in [2.45, 2.75) is 0 Å². The largest absolute Gasteiger partial charge is 0.458 e. The van der Waals surface area contributed by atoms with Crippen molar-refractivity contribution in [2.24, 2.45) is 0 Å². The van der Waals surface area contributed by atoms with E-state index in [1.165, 1.54) is 107 Å². The van der Waals surface area contributed by atoms with Gasteiger partial charge in [0.15, 0.2) is 0 Å². The number of hydrogen-bond acceptors (Lipinski definition) is 2. The first kappa shape index (κ1) is 38.6. The van der Waals surface area contributed by atoms with E-state index < -0.39 is 0 Å². The Morgan fingerprint density at radius 3 is 1.38 bits per heavy atom. The first-order chi connectivity index (χ1) is 35.2. The molecule has 0 saturated carbocycles. The zero-order valence-electron chi connectivity index (χ0n) is 38.4. The lowest BCUT2D eigenvalue weighted by atomic mass is 9.34. The zero-order chi connectivity index (χ0) is 46.3. The van der Waals surface area contributed by atoms with Gasteiger partial charge in [0.1, 0.15) is 11.5 Å². The van der Waals surface area contributed by atoms with E-state index in [9.17, 15) is 0 Å². The second-order valence-electron chi connectivity index (χ2n) is 19.1. The Kier molecular flexibility index (Phi) is 7.94. The molecule has 0 radical (unpaired) electrons. The van der Waals surface area contributed by atoms with Crippen molar-refractivity contribution in [3.63, 3.8) is 0 Å². The Balaban J connectivity index is 0.961. The summed E-state index contributed by atoms with van der Waals surface area (Å²) in [4.78, 5) is 2.45. The Bertz CT molecular complexity index is 4850. The number of anilines is 3. The summed E-state index contributed by atoms with van der Waals surface area (Å²) < 4.78 is 11.5. The molecule has 4 heterocycles. The molecule has 2 aromatic heterocycles. The summed E-state index contributed by atoms with van der Waals surface area (Å²) in [6.07, 6.45) is 0. The smallest absolute Gasteiger partial charge is 0.256 e. The standard InChI is InChI=1S/C66H40BN3O/c1-2-17-45-44(16-1)48-35-32-41(69-60-27-12-7-22-52(60)55-40-43(34-37-61(55)69)68-58-25-10-5-20-50(58)51-21-6-11-26-59(51)68)38-53(48)46-18-3-4-19-47(46)54-39-42(33-36-49(45)54)70-62-28-13-8-23-56(62)67-57-24-9-14-30-64(57)71-65-31-15-29-63(70)66(65)67/h1-40H. The molecule has 0 bridgehead atoms. The van der Waals surface area contributed by atoms with Gasteiger partial charge in [0, 0.05) is 50.0 Å². The third-order valence-corrected chi connectivity index (χ3v) is 15.5. The van der Waals surface area contributed by atoms with E-state index in [1.807, 2.05) is 0 Å². The number of aromatic nitrogens is 2. The number of ether oxygens (including phenoxy) is 1. The summed E-state index contributed by atoms with van der Waals surface area (Å²) in [6, 6.07) is 89.5. The maximum atomic E-state index is 6.67. The van der Waals surface area contributed by atoms with Gasteiger partial charge in [0.05, 0.1) is 22.1 Å². The van der Waals surface area contributed by atoms with Crippen molar-refractivity contribution in [2.75, 3.05) is 4.90 Å². The molecule has 328 valence electrons. The van der Waals surface area contributed by atoms with Crippen LogP contribution in [0.2, 0.25) is 0 Å². The van der Waals surface area contributed by atoms with Crippen LogP contribution in [0.4, 0.5) is 17.1 Å². The summed E-state index contributed by atoms with van der Waals surface area (Å²) in [6.45, 7) is 0.0675. The molecular formula is C66H40BN3O. The van der Waals surface area contributed by atoms with Gasteiger partial charge in [-0.25, -0.2) is 0 Å². The molecule has 0 amide bonds. The fraction of sp³-hybridized carbons (Fsp3) is 0. The summed E-state index contributed by atoms with van der Waals surface area (Å²) in [7, 11) is 0. The van der Waals surface area contributed by atoms with Crippen molar-refractivity contribution >= 4 is 83.8 Å². The topological polar surface area (TPSA) is 22.3 Å². The van der Waals surface area contributed by atoms with Gasteiger partial charge in [-0.3, -0.25) is 0 Å². The molecule has 1 aliphatic carbocycles. The zero-order valence-corrected chi connectivity index (χ0v) is 38.4. The maximum absolute atomic E-state index is 6.67. The van der Waals surface area contributed by atoms with Crippen LogP contribution in [0.1, 0.15) is 0 Å². The molecule has 5 heteroatoms. The highest BCUT2D eigenvalue weighted by molar-refractivity contribution is 6.99. The van der Waals surface area contributed by atoms with E-state index in [4.69, 9.17) is 4.74 Å². The molecule has 11 aromatic carbocycles. The van der Waals surface area contributed by atoms with Gasteiger partial charge >= 0.3 is 0 Å². The lowest BCUT2D eigenvalue weighted by Gasteiger charge is -2.39. The molecule has 0 saturated heterocycles. The number of hydrogen-bond donors (Lipinski definition) is 0. The SMILES string of the molecule is c1ccc2c(c1)Oc1cccc3c1B2c1ccccc1N3c1ccc2c(c1)=c1ccccc1=c1cc(-n3c4ccccc4c4cc(-n5c6ccccc6c6ccccc65)ccc43)ccc1=c1ccccc1=2. The fourth-order valence-corrected chi connectivity index (χ4v) is 12.6. The molecule has 2 aliphatic heterocycles. The quantitative estimate of drug-likeness (QED) is 0.165. The molecule has 71 heavy (non-hydrogen) atoms. The highest BCUT2D eigenvalue weighted by atomic mass is 16.5. The molecule has 0 unspecified atom stereocenters. The van der Waals surface area contributed by atoms with E-state index in [1.54, 1.807) is 0 Å². The third-order valence-electron chi connectivity index (χ3n) is 15.5. The van der Waals surface area contributed by atoms with Gasteiger partial charge < -0.3 is 18.8 Å². The number of para-hydroxylation sites is 5. The van der Waals surface area contributed by atoms with E-state index in [2.05, 4.69) is 257 Å². The minimum absolute atomic E-state index is 0.0675.